The van der Waals surface area contributed by atoms with Crippen LogP contribution in [0.3, 0.4) is 0 Å². The summed E-state index contributed by atoms with van der Waals surface area (Å²) >= 11 is 6.74. The van der Waals surface area contributed by atoms with Crippen LogP contribution in [0.25, 0.3) is 6.08 Å². The van der Waals surface area contributed by atoms with Gasteiger partial charge in [0.05, 0.1) is 17.6 Å². The lowest BCUT2D eigenvalue weighted by Crippen LogP contribution is -2.46. The summed E-state index contributed by atoms with van der Waals surface area (Å²) < 4.78 is 6.20. The number of amidine groups is 1. The zero-order valence-corrected chi connectivity index (χ0v) is 21.8. The molecule has 2 aliphatic carbocycles. The van der Waals surface area contributed by atoms with Gasteiger partial charge < -0.3 is 15.0 Å². The quantitative estimate of drug-likeness (QED) is 0.550. The molecule has 9 heteroatoms. The van der Waals surface area contributed by atoms with Crippen molar-refractivity contribution < 1.29 is 4.74 Å². The Balaban J connectivity index is 1.26. The van der Waals surface area contributed by atoms with E-state index < -0.39 is 0 Å². The average Bonchev–Trinajstić information content (AvgIpc) is 3.53. The monoisotopic (exact) mass is 515 g/mol. The van der Waals surface area contributed by atoms with Gasteiger partial charge in [-0.05, 0) is 55.4 Å². The minimum absolute atomic E-state index is 0.248. The number of hydrogen-bond acceptors (Lipinski definition) is 8. The van der Waals surface area contributed by atoms with Gasteiger partial charge in [0.25, 0.3) is 0 Å². The second-order valence-electron chi connectivity index (χ2n) is 10.2. The van der Waals surface area contributed by atoms with Crippen molar-refractivity contribution in [1.29, 1.82) is 5.26 Å². The van der Waals surface area contributed by atoms with Crippen LogP contribution in [-0.4, -0.2) is 60.0 Å². The number of hydrogen-bond donors (Lipinski definition) is 1. The summed E-state index contributed by atoms with van der Waals surface area (Å²) in [6.07, 6.45) is 8.26. The Morgan fingerprint density at radius 1 is 1.16 bits per heavy atom. The number of anilines is 2. The first kappa shape index (κ1) is 24.0. The molecule has 1 saturated heterocycles. The van der Waals surface area contributed by atoms with Gasteiger partial charge >= 0.3 is 6.01 Å². The molecule has 190 valence electrons. The Morgan fingerprint density at radius 2 is 2.00 bits per heavy atom. The smallest absolute Gasteiger partial charge is 0.325 e. The molecule has 1 N–H and O–H groups in total. The fourth-order valence-electron chi connectivity index (χ4n) is 5.14. The number of piperazine rings is 1. The lowest BCUT2D eigenvalue weighted by Gasteiger charge is -2.35. The molecule has 0 spiro atoms. The number of ether oxygens (including phenoxy) is 1. The number of benzene rings is 1. The van der Waals surface area contributed by atoms with Gasteiger partial charge in [-0.3, -0.25) is 9.89 Å². The molecule has 1 aromatic heterocycles. The van der Waals surface area contributed by atoms with Crippen molar-refractivity contribution >= 4 is 35.1 Å². The van der Waals surface area contributed by atoms with Gasteiger partial charge in [0.2, 0.25) is 0 Å². The van der Waals surface area contributed by atoms with Crippen LogP contribution in [0.5, 0.6) is 11.8 Å². The Labute approximate surface area is 222 Å². The number of nitriles is 1. The topological polar surface area (TPSA) is 89.7 Å². The predicted octanol–water partition coefficient (Wildman–Crippen LogP) is 5.08. The van der Waals surface area contributed by atoms with Gasteiger partial charge in [-0.1, -0.05) is 29.3 Å². The molecule has 0 unspecified atom stereocenters. The van der Waals surface area contributed by atoms with E-state index in [-0.39, 0.29) is 6.01 Å². The van der Waals surface area contributed by atoms with E-state index in [0.717, 1.165) is 62.9 Å². The second-order valence-corrected chi connectivity index (χ2v) is 10.5. The molecule has 0 bridgehead atoms. The van der Waals surface area contributed by atoms with Crippen LogP contribution in [0, 0.1) is 17.2 Å². The van der Waals surface area contributed by atoms with Gasteiger partial charge in [0.15, 0.2) is 0 Å². The summed E-state index contributed by atoms with van der Waals surface area (Å²) in [5, 5.41) is 12.9. The third-order valence-electron chi connectivity index (χ3n) is 7.34. The molecule has 3 heterocycles. The number of aromatic nitrogens is 2. The molecule has 2 aromatic rings. The van der Waals surface area contributed by atoms with E-state index >= 15 is 0 Å². The van der Waals surface area contributed by atoms with Crippen molar-refractivity contribution in [1.82, 2.24) is 14.9 Å². The summed E-state index contributed by atoms with van der Waals surface area (Å²) in [6, 6.07) is 8.40. The SMILES string of the molecule is CC1=Cc2c(ccc(Oc3nc(NC4=NCC(C5CC5)=C4)cc(N4CCN(CCC#N)CC4)n3)c2Cl)C1. The van der Waals surface area contributed by atoms with Gasteiger partial charge in [0, 0.05) is 50.8 Å². The number of fused-ring (bicyclic) bond motifs is 1. The van der Waals surface area contributed by atoms with Crippen LogP contribution in [0.1, 0.15) is 37.3 Å². The van der Waals surface area contributed by atoms with Crippen molar-refractivity contribution in [2.24, 2.45) is 10.9 Å². The van der Waals surface area contributed by atoms with Crippen LogP contribution in [0.15, 0.2) is 40.4 Å². The van der Waals surface area contributed by atoms with Gasteiger partial charge in [0.1, 0.15) is 23.2 Å². The number of rotatable bonds is 7. The molecule has 0 atom stereocenters. The highest BCUT2D eigenvalue weighted by Crippen LogP contribution is 2.39. The first-order valence-electron chi connectivity index (χ1n) is 13.0. The lowest BCUT2D eigenvalue weighted by molar-refractivity contribution is 0.262. The van der Waals surface area contributed by atoms with Crippen LogP contribution >= 0.6 is 11.6 Å². The molecule has 37 heavy (non-hydrogen) atoms. The third kappa shape index (κ3) is 5.34. The highest BCUT2D eigenvalue weighted by molar-refractivity contribution is 6.33. The molecule has 8 nitrogen and oxygen atoms in total. The summed E-state index contributed by atoms with van der Waals surface area (Å²) in [5.74, 6) is 3.51. The number of nitrogens with zero attached hydrogens (tertiary/aromatic N) is 6. The van der Waals surface area contributed by atoms with Crippen LogP contribution < -0.4 is 15.0 Å². The van der Waals surface area contributed by atoms with Crippen LogP contribution in [-0.2, 0) is 6.42 Å². The first-order chi connectivity index (χ1) is 18.1. The van der Waals surface area contributed by atoms with E-state index in [1.165, 1.54) is 29.6 Å². The second kappa shape index (κ2) is 10.2. The maximum absolute atomic E-state index is 8.91. The molecule has 2 aliphatic heterocycles. The minimum atomic E-state index is 0.248. The normalized spacial score (nSPS) is 19.2. The first-order valence-corrected chi connectivity index (χ1v) is 13.3. The van der Waals surface area contributed by atoms with E-state index in [9.17, 15) is 0 Å². The average molecular weight is 516 g/mol. The maximum Gasteiger partial charge on any atom is 0.325 e. The predicted molar refractivity (Wildman–Crippen MR) is 147 cm³/mol. The summed E-state index contributed by atoms with van der Waals surface area (Å²) in [6.45, 7) is 7.07. The summed E-state index contributed by atoms with van der Waals surface area (Å²) in [5.41, 5.74) is 4.90. The molecule has 1 aromatic carbocycles. The highest BCUT2D eigenvalue weighted by atomic mass is 35.5. The zero-order chi connectivity index (χ0) is 25.4. The number of aliphatic imine (C=N–C) groups is 1. The van der Waals surface area contributed by atoms with Gasteiger partial charge in [-0.15, -0.1) is 0 Å². The number of halogens is 1. The number of nitrogens with one attached hydrogen (secondary N) is 1. The van der Waals surface area contributed by atoms with Crippen molar-refractivity contribution in [2.45, 2.75) is 32.6 Å². The Bertz CT molecular complexity index is 1350. The summed E-state index contributed by atoms with van der Waals surface area (Å²) in [4.78, 5) is 18.7. The van der Waals surface area contributed by atoms with Crippen LogP contribution in [0.4, 0.5) is 11.6 Å². The van der Waals surface area contributed by atoms with Crippen molar-refractivity contribution in [2.75, 3.05) is 49.5 Å². The fourth-order valence-corrected chi connectivity index (χ4v) is 5.42. The van der Waals surface area contributed by atoms with E-state index in [2.05, 4.69) is 56.3 Å². The van der Waals surface area contributed by atoms with E-state index in [4.69, 9.17) is 26.6 Å². The molecule has 4 aliphatic rings. The Kier molecular flexibility index (Phi) is 6.58. The molecule has 2 fully saturated rings. The Hall–Kier alpha value is -3.41. The van der Waals surface area contributed by atoms with Crippen molar-refractivity contribution in [3.63, 3.8) is 0 Å². The molecular formula is C28H30ClN7O. The van der Waals surface area contributed by atoms with Gasteiger partial charge in [-0.25, -0.2) is 0 Å². The van der Waals surface area contributed by atoms with Gasteiger partial charge in [-0.2, -0.15) is 15.2 Å². The molecule has 0 radical (unpaired) electrons. The Morgan fingerprint density at radius 3 is 2.78 bits per heavy atom. The molecule has 0 amide bonds. The zero-order valence-electron chi connectivity index (χ0n) is 21.0. The largest absolute Gasteiger partial charge is 0.423 e. The van der Waals surface area contributed by atoms with E-state index in [0.29, 0.717) is 28.9 Å². The van der Waals surface area contributed by atoms with E-state index in [1.54, 1.807) is 0 Å². The lowest BCUT2D eigenvalue weighted by atomic mass is 10.1. The highest BCUT2D eigenvalue weighted by Gasteiger charge is 2.28. The summed E-state index contributed by atoms with van der Waals surface area (Å²) in [7, 11) is 0. The molecule has 1 saturated carbocycles. The van der Waals surface area contributed by atoms with Crippen LogP contribution in [0.2, 0.25) is 5.02 Å². The minimum Gasteiger partial charge on any atom is -0.423 e. The third-order valence-corrected chi connectivity index (χ3v) is 7.73. The fraction of sp³-hybridized carbons (Fsp3) is 0.429. The van der Waals surface area contributed by atoms with Crippen molar-refractivity contribution in [3.8, 4) is 17.8 Å². The maximum atomic E-state index is 8.91. The van der Waals surface area contributed by atoms with Crippen molar-refractivity contribution in [3.05, 3.63) is 51.6 Å². The number of allylic oxidation sites excluding steroid dienone is 1. The molecule has 6 rings (SSSR count). The standard InChI is InChI=1S/C28H30ClN7O/c1-18-13-20-5-6-23(27(29)22(20)14-18)37-28-33-25(32-24-15-21(17-31-24)19-3-4-19)16-26(34-28)36-11-9-35(10-12-36)8-2-7-30/h5-6,14-16,19H,2-4,8-13,17H2,1H3,(H,31,32,33,34). The molecular weight excluding hydrogens is 486 g/mol. The van der Waals surface area contributed by atoms with E-state index in [1.807, 2.05) is 12.1 Å².